The molecule has 0 saturated carbocycles. The van der Waals surface area contributed by atoms with E-state index in [9.17, 15) is 19.5 Å². The molecule has 2 aromatic rings. The van der Waals surface area contributed by atoms with E-state index in [1.54, 1.807) is 24.7 Å². The van der Waals surface area contributed by atoms with Gasteiger partial charge in [-0.15, -0.1) is 0 Å². The van der Waals surface area contributed by atoms with Crippen LogP contribution >= 0.6 is 11.6 Å². The Morgan fingerprint density at radius 3 is 2.48 bits per heavy atom. The van der Waals surface area contributed by atoms with Crippen molar-refractivity contribution in [2.75, 3.05) is 29.4 Å². The standard InChI is InChI=1S/C20H26ClN5O5/c1-4-26(19(30)22-12(2)27)18-13-9-14(21)16(10-15(13)24(3)23-18)25-7-5-20(31,6-8-25)11-17(28)29/h9-10,31H,4-8,11H2,1-3H3,(H,28,29)(H,22,27,30). The van der Waals surface area contributed by atoms with Gasteiger partial charge in [-0.3, -0.25) is 24.5 Å². The molecule has 0 radical (unpaired) electrons. The van der Waals surface area contributed by atoms with Gasteiger partial charge in [-0.25, -0.2) is 4.79 Å². The van der Waals surface area contributed by atoms with Gasteiger partial charge in [0.25, 0.3) is 0 Å². The molecule has 0 aliphatic carbocycles. The molecule has 0 bridgehead atoms. The van der Waals surface area contributed by atoms with Gasteiger partial charge in [-0.1, -0.05) is 11.6 Å². The second-order valence-electron chi connectivity index (χ2n) is 7.78. The zero-order chi connectivity index (χ0) is 22.9. The molecule has 1 aromatic heterocycles. The predicted molar refractivity (Wildman–Crippen MR) is 117 cm³/mol. The number of piperidine rings is 1. The average Bonchev–Trinajstić information content (AvgIpc) is 2.96. The molecule has 3 amide bonds. The second-order valence-corrected chi connectivity index (χ2v) is 8.19. The Balaban J connectivity index is 1.91. The van der Waals surface area contributed by atoms with Crippen LogP contribution in [0, 0.1) is 0 Å². The van der Waals surface area contributed by atoms with Gasteiger partial charge >= 0.3 is 12.0 Å². The van der Waals surface area contributed by atoms with Crippen LogP contribution in [0.1, 0.15) is 33.1 Å². The Bertz CT molecular complexity index is 1030. The smallest absolute Gasteiger partial charge is 0.329 e. The van der Waals surface area contributed by atoms with E-state index in [1.807, 2.05) is 11.0 Å². The summed E-state index contributed by atoms with van der Waals surface area (Å²) in [5.74, 6) is -1.09. The number of imide groups is 1. The molecule has 10 nitrogen and oxygen atoms in total. The number of carboxylic acids is 1. The summed E-state index contributed by atoms with van der Waals surface area (Å²) in [6.07, 6.45) is 0.353. The van der Waals surface area contributed by atoms with E-state index in [4.69, 9.17) is 16.7 Å². The molecule has 0 unspecified atom stereocenters. The molecule has 11 heteroatoms. The highest BCUT2D eigenvalue weighted by Gasteiger charge is 2.35. The molecule has 31 heavy (non-hydrogen) atoms. The fraction of sp³-hybridized carbons (Fsp3) is 0.500. The van der Waals surface area contributed by atoms with Crippen LogP contribution in [0.25, 0.3) is 10.9 Å². The van der Waals surface area contributed by atoms with Gasteiger partial charge in [0.05, 0.1) is 28.2 Å². The van der Waals surface area contributed by atoms with Crippen molar-refractivity contribution in [2.45, 2.75) is 38.7 Å². The van der Waals surface area contributed by atoms with Crippen molar-refractivity contribution in [3.8, 4) is 0 Å². The molecule has 1 fully saturated rings. The minimum absolute atomic E-state index is 0.284. The second kappa shape index (κ2) is 8.72. The maximum atomic E-state index is 12.4. The van der Waals surface area contributed by atoms with Gasteiger partial charge in [0.2, 0.25) is 5.91 Å². The van der Waals surface area contributed by atoms with Crippen LogP contribution in [0.3, 0.4) is 0 Å². The molecule has 0 atom stereocenters. The summed E-state index contributed by atoms with van der Waals surface area (Å²) < 4.78 is 1.64. The molecule has 2 heterocycles. The van der Waals surface area contributed by atoms with Crippen molar-refractivity contribution in [1.82, 2.24) is 15.1 Å². The number of aryl methyl sites for hydroxylation is 1. The first kappa shape index (κ1) is 22.8. The number of carbonyl (C=O) groups is 3. The number of aliphatic carboxylic acids is 1. The number of aromatic nitrogens is 2. The third kappa shape index (κ3) is 4.75. The SMILES string of the molecule is CCN(C(=O)NC(C)=O)c1nn(C)c2cc(N3CCC(O)(CC(=O)O)CC3)c(Cl)cc12. The zero-order valence-electron chi connectivity index (χ0n) is 17.7. The summed E-state index contributed by atoms with van der Waals surface area (Å²) in [6.45, 7) is 4.27. The molecule has 3 rings (SSSR count). The van der Waals surface area contributed by atoms with Crippen molar-refractivity contribution in [1.29, 1.82) is 0 Å². The van der Waals surface area contributed by atoms with E-state index in [0.717, 1.165) is 11.2 Å². The van der Waals surface area contributed by atoms with Crippen molar-refractivity contribution in [2.24, 2.45) is 7.05 Å². The van der Waals surface area contributed by atoms with Gasteiger partial charge in [0.1, 0.15) is 0 Å². The lowest BCUT2D eigenvalue weighted by molar-refractivity contribution is -0.143. The van der Waals surface area contributed by atoms with Crippen LogP contribution in [0.15, 0.2) is 12.1 Å². The van der Waals surface area contributed by atoms with Gasteiger partial charge < -0.3 is 15.1 Å². The average molecular weight is 452 g/mol. The lowest BCUT2D eigenvalue weighted by atomic mass is 9.88. The van der Waals surface area contributed by atoms with Crippen LogP contribution in [0.2, 0.25) is 5.02 Å². The number of anilines is 2. The number of hydrogen-bond donors (Lipinski definition) is 3. The monoisotopic (exact) mass is 451 g/mol. The minimum Gasteiger partial charge on any atom is -0.481 e. The minimum atomic E-state index is -1.22. The van der Waals surface area contributed by atoms with E-state index < -0.39 is 23.5 Å². The Kier molecular flexibility index (Phi) is 6.42. The summed E-state index contributed by atoms with van der Waals surface area (Å²) in [6, 6.07) is 3.03. The lowest BCUT2D eigenvalue weighted by Gasteiger charge is -2.38. The third-order valence-electron chi connectivity index (χ3n) is 5.51. The molecule has 1 saturated heterocycles. The van der Waals surface area contributed by atoms with Crippen LogP contribution in [0.5, 0.6) is 0 Å². The normalized spacial score (nSPS) is 15.7. The van der Waals surface area contributed by atoms with E-state index in [2.05, 4.69) is 10.4 Å². The fourth-order valence-electron chi connectivity index (χ4n) is 3.92. The summed E-state index contributed by atoms with van der Waals surface area (Å²) in [4.78, 5) is 38.1. The summed E-state index contributed by atoms with van der Waals surface area (Å²) in [5.41, 5.74) is 0.275. The van der Waals surface area contributed by atoms with Gasteiger partial charge in [0.15, 0.2) is 5.82 Å². The number of hydrogen-bond acceptors (Lipinski definition) is 6. The maximum absolute atomic E-state index is 12.4. The van der Waals surface area contributed by atoms with Gasteiger partial charge in [0, 0.05) is 39.0 Å². The number of rotatable bonds is 5. The van der Waals surface area contributed by atoms with Crippen LogP contribution in [-0.2, 0) is 16.6 Å². The number of fused-ring (bicyclic) bond motifs is 1. The number of urea groups is 1. The van der Waals surface area contributed by atoms with E-state index in [1.165, 1.54) is 11.8 Å². The summed E-state index contributed by atoms with van der Waals surface area (Å²) >= 11 is 6.58. The number of benzene rings is 1. The molecule has 1 aromatic carbocycles. The molecular formula is C20H26ClN5O5. The molecule has 1 aliphatic rings. The Labute approximate surface area is 184 Å². The Morgan fingerprint density at radius 1 is 1.29 bits per heavy atom. The third-order valence-corrected chi connectivity index (χ3v) is 5.82. The fourth-order valence-corrected chi connectivity index (χ4v) is 4.20. The first-order valence-electron chi connectivity index (χ1n) is 9.99. The summed E-state index contributed by atoms with van der Waals surface area (Å²) in [5, 5.41) is 27.3. The number of amides is 3. The highest BCUT2D eigenvalue weighted by Crippen LogP contribution is 2.38. The van der Waals surface area contributed by atoms with E-state index in [0.29, 0.717) is 48.7 Å². The largest absolute Gasteiger partial charge is 0.481 e. The van der Waals surface area contributed by atoms with Crippen molar-refractivity contribution in [3.63, 3.8) is 0 Å². The zero-order valence-corrected chi connectivity index (χ0v) is 18.4. The van der Waals surface area contributed by atoms with Gasteiger partial charge in [-0.05, 0) is 31.9 Å². The Hall–Kier alpha value is -2.85. The number of nitrogens with zero attached hydrogens (tertiary/aromatic N) is 4. The van der Waals surface area contributed by atoms with Crippen molar-refractivity contribution >= 4 is 51.9 Å². The first-order chi connectivity index (χ1) is 14.5. The molecular weight excluding hydrogens is 426 g/mol. The van der Waals surface area contributed by atoms with Crippen LogP contribution < -0.4 is 15.1 Å². The summed E-state index contributed by atoms with van der Waals surface area (Å²) in [7, 11) is 1.75. The number of halogens is 1. The number of carboxylic acid groups (broad SMARTS) is 1. The lowest BCUT2D eigenvalue weighted by Crippen LogP contribution is -2.45. The predicted octanol–water partition coefficient (Wildman–Crippen LogP) is 2.12. The van der Waals surface area contributed by atoms with Crippen molar-refractivity contribution < 1.29 is 24.6 Å². The van der Waals surface area contributed by atoms with Gasteiger partial charge in [-0.2, -0.15) is 5.10 Å². The maximum Gasteiger partial charge on any atom is 0.329 e. The number of aliphatic hydroxyl groups is 1. The quantitative estimate of drug-likeness (QED) is 0.635. The number of nitrogens with one attached hydrogen (secondary N) is 1. The highest BCUT2D eigenvalue weighted by molar-refractivity contribution is 6.34. The molecule has 168 valence electrons. The topological polar surface area (TPSA) is 128 Å². The van der Waals surface area contributed by atoms with E-state index >= 15 is 0 Å². The highest BCUT2D eigenvalue weighted by atomic mass is 35.5. The molecule has 0 spiro atoms. The van der Waals surface area contributed by atoms with E-state index in [-0.39, 0.29) is 6.42 Å². The van der Waals surface area contributed by atoms with Crippen molar-refractivity contribution in [3.05, 3.63) is 17.2 Å². The molecule has 1 aliphatic heterocycles. The Morgan fingerprint density at radius 2 is 1.94 bits per heavy atom. The first-order valence-corrected chi connectivity index (χ1v) is 10.4. The molecule has 3 N–H and O–H groups in total. The number of carbonyl (C=O) groups excluding carboxylic acids is 2. The van der Waals surface area contributed by atoms with Crippen LogP contribution in [-0.4, -0.2) is 63.1 Å². The van der Waals surface area contributed by atoms with Crippen LogP contribution in [0.4, 0.5) is 16.3 Å².